The van der Waals surface area contributed by atoms with E-state index in [0.717, 1.165) is 5.56 Å². The second kappa shape index (κ2) is 11.9. The highest BCUT2D eigenvalue weighted by atomic mass is 32.1. The summed E-state index contributed by atoms with van der Waals surface area (Å²) >= 11 is 1.33. The van der Waals surface area contributed by atoms with Crippen LogP contribution in [0, 0.1) is 13.8 Å². The number of thiazole rings is 1. The van der Waals surface area contributed by atoms with Crippen LogP contribution in [0.1, 0.15) is 80.6 Å². The molecule has 0 N–H and O–H groups in total. The Kier molecular flexibility index (Phi) is 8.30. The average molecular weight is 564 g/mol. The quantitative estimate of drug-likeness (QED) is 0.370. The number of rotatable bonds is 8. The van der Waals surface area contributed by atoms with Crippen LogP contribution in [0.5, 0.6) is 11.5 Å². The first-order valence-corrected chi connectivity index (χ1v) is 14.9. The van der Waals surface area contributed by atoms with Crippen molar-refractivity contribution in [1.82, 2.24) is 9.13 Å². The summed E-state index contributed by atoms with van der Waals surface area (Å²) in [6.45, 7) is 9.03. The van der Waals surface area contributed by atoms with Crippen molar-refractivity contribution < 1.29 is 19.0 Å². The lowest BCUT2D eigenvalue weighted by molar-refractivity contribution is -0.136. The summed E-state index contributed by atoms with van der Waals surface area (Å²) in [5.41, 5.74) is 4.22. The van der Waals surface area contributed by atoms with E-state index in [2.05, 4.69) is 29.5 Å². The first kappa shape index (κ1) is 28.0. The van der Waals surface area contributed by atoms with Crippen LogP contribution in [0.2, 0.25) is 0 Å². The molecule has 0 saturated heterocycles. The molecule has 3 heterocycles. The van der Waals surface area contributed by atoms with E-state index in [9.17, 15) is 9.59 Å². The van der Waals surface area contributed by atoms with Gasteiger partial charge in [0.05, 0.1) is 36.5 Å². The van der Waals surface area contributed by atoms with Crippen molar-refractivity contribution in [2.45, 2.75) is 71.9 Å². The van der Waals surface area contributed by atoms with E-state index >= 15 is 0 Å². The fourth-order valence-electron chi connectivity index (χ4n) is 5.98. The Labute approximate surface area is 238 Å². The third-order valence-corrected chi connectivity index (χ3v) is 8.76. The van der Waals surface area contributed by atoms with Gasteiger partial charge in [-0.3, -0.25) is 9.36 Å². The van der Waals surface area contributed by atoms with Crippen LogP contribution in [0.25, 0.3) is 6.08 Å². The monoisotopic (exact) mass is 563 g/mol. The molecule has 1 aromatic carbocycles. The molecule has 2 aliphatic rings. The Morgan fingerprint density at radius 1 is 1.05 bits per heavy atom. The molecule has 1 atom stereocenters. The SMILES string of the molecule is CCOc1ccc([C@H]2C(C(=O)OC)=CN=c3s/c(=C\c4cc(C)n(C5CCCCC5)c4C)c(=O)n32)cc1OCC. The predicted molar refractivity (Wildman–Crippen MR) is 156 cm³/mol. The van der Waals surface area contributed by atoms with Gasteiger partial charge in [0, 0.05) is 23.6 Å². The van der Waals surface area contributed by atoms with Gasteiger partial charge in [-0.15, -0.1) is 0 Å². The summed E-state index contributed by atoms with van der Waals surface area (Å²) in [4.78, 5) is 31.9. The molecular formula is C31H37N3O5S. The maximum absolute atomic E-state index is 14.0. The summed E-state index contributed by atoms with van der Waals surface area (Å²) < 4.78 is 21.3. The zero-order valence-electron chi connectivity index (χ0n) is 23.9. The van der Waals surface area contributed by atoms with Gasteiger partial charge in [-0.2, -0.15) is 0 Å². The Morgan fingerprint density at radius 3 is 2.48 bits per heavy atom. The minimum Gasteiger partial charge on any atom is -0.490 e. The van der Waals surface area contributed by atoms with Crippen molar-refractivity contribution in [2.75, 3.05) is 20.3 Å². The van der Waals surface area contributed by atoms with Gasteiger partial charge in [-0.1, -0.05) is 36.7 Å². The Morgan fingerprint density at radius 2 is 1.77 bits per heavy atom. The fourth-order valence-corrected chi connectivity index (χ4v) is 6.94. The number of carbonyl (C=O) groups is 1. The second-order valence-corrected chi connectivity index (χ2v) is 11.2. The lowest BCUT2D eigenvalue weighted by atomic mass is 9.95. The molecule has 1 aliphatic carbocycles. The smallest absolute Gasteiger partial charge is 0.337 e. The summed E-state index contributed by atoms with van der Waals surface area (Å²) in [5.74, 6) is 0.628. The predicted octanol–water partition coefficient (Wildman–Crippen LogP) is 4.74. The van der Waals surface area contributed by atoms with E-state index in [-0.39, 0.29) is 11.1 Å². The van der Waals surface area contributed by atoms with Gasteiger partial charge in [0.1, 0.15) is 0 Å². The van der Waals surface area contributed by atoms with Crippen LogP contribution >= 0.6 is 11.3 Å². The molecule has 0 unspecified atom stereocenters. The van der Waals surface area contributed by atoms with E-state index in [0.29, 0.717) is 45.7 Å². The molecule has 0 bridgehead atoms. The number of nitrogens with zero attached hydrogens (tertiary/aromatic N) is 3. The van der Waals surface area contributed by atoms with E-state index in [1.807, 2.05) is 38.1 Å². The molecule has 1 aliphatic heterocycles. The van der Waals surface area contributed by atoms with Crippen molar-refractivity contribution in [3.8, 4) is 11.5 Å². The normalized spacial score (nSPS) is 17.7. The zero-order chi connectivity index (χ0) is 28.4. The maximum atomic E-state index is 14.0. The fraction of sp³-hybridized carbons (Fsp3) is 0.452. The summed E-state index contributed by atoms with van der Waals surface area (Å²) in [6.07, 6.45) is 9.69. The van der Waals surface area contributed by atoms with Crippen molar-refractivity contribution in [3.63, 3.8) is 0 Å². The maximum Gasteiger partial charge on any atom is 0.337 e. The Hall–Kier alpha value is -3.59. The molecule has 2 aromatic heterocycles. The van der Waals surface area contributed by atoms with Crippen molar-refractivity contribution >= 4 is 23.4 Å². The topological polar surface area (TPSA) is 84.0 Å². The van der Waals surface area contributed by atoms with Crippen molar-refractivity contribution in [2.24, 2.45) is 4.99 Å². The van der Waals surface area contributed by atoms with Crippen LogP contribution in [0.4, 0.5) is 0 Å². The number of fused-ring (bicyclic) bond motifs is 1. The molecule has 1 fully saturated rings. The van der Waals surface area contributed by atoms with Crippen LogP contribution in [0.3, 0.4) is 0 Å². The third kappa shape index (κ3) is 5.14. The Bertz CT molecular complexity index is 1620. The zero-order valence-corrected chi connectivity index (χ0v) is 24.7. The molecule has 40 heavy (non-hydrogen) atoms. The molecule has 3 aromatic rings. The molecule has 5 rings (SSSR count). The summed E-state index contributed by atoms with van der Waals surface area (Å²) in [6, 6.07) is 7.47. The number of esters is 1. The van der Waals surface area contributed by atoms with Gasteiger partial charge in [0.15, 0.2) is 16.3 Å². The number of carbonyl (C=O) groups excluding carboxylic acids is 1. The van der Waals surface area contributed by atoms with Crippen molar-refractivity contribution in [3.05, 3.63) is 78.2 Å². The van der Waals surface area contributed by atoms with Gasteiger partial charge in [0.2, 0.25) is 0 Å². The molecule has 212 valence electrons. The molecule has 8 nitrogen and oxygen atoms in total. The minimum absolute atomic E-state index is 0.197. The highest BCUT2D eigenvalue weighted by Gasteiger charge is 2.31. The lowest BCUT2D eigenvalue weighted by Crippen LogP contribution is -2.39. The lowest BCUT2D eigenvalue weighted by Gasteiger charge is -2.26. The largest absolute Gasteiger partial charge is 0.490 e. The van der Waals surface area contributed by atoms with Gasteiger partial charge >= 0.3 is 5.97 Å². The minimum atomic E-state index is -0.713. The summed E-state index contributed by atoms with van der Waals surface area (Å²) in [7, 11) is 1.33. The third-order valence-electron chi connectivity index (χ3n) is 7.76. The van der Waals surface area contributed by atoms with Crippen LogP contribution < -0.4 is 24.4 Å². The first-order valence-electron chi connectivity index (χ1n) is 14.0. The number of hydrogen-bond donors (Lipinski definition) is 0. The number of aromatic nitrogens is 2. The number of aryl methyl sites for hydroxylation is 1. The van der Waals surface area contributed by atoms with Crippen molar-refractivity contribution in [1.29, 1.82) is 0 Å². The molecule has 1 saturated carbocycles. The van der Waals surface area contributed by atoms with E-state index in [1.54, 1.807) is 4.57 Å². The average Bonchev–Trinajstić information content (AvgIpc) is 3.43. The Balaban J connectivity index is 1.63. The number of ether oxygens (including phenoxy) is 3. The van der Waals surface area contributed by atoms with E-state index < -0.39 is 12.0 Å². The highest BCUT2D eigenvalue weighted by molar-refractivity contribution is 7.07. The summed E-state index contributed by atoms with van der Waals surface area (Å²) in [5, 5.41) is 0. The van der Waals surface area contributed by atoms with Crippen LogP contribution in [-0.4, -0.2) is 35.4 Å². The van der Waals surface area contributed by atoms with Gasteiger partial charge in [-0.05, 0) is 75.9 Å². The second-order valence-electron chi connectivity index (χ2n) is 10.2. The van der Waals surface area contributed by atoms with Gasteiger partial charge in [-0.25, -0.2) is 9.79 Å². The number of hydrogen-bond acceptors (Lipinski definition) is 7. The highest BCUT2D eigenvalue weighted by Crippen LogP contribution is 2.35. The molecule has 9 heteroatoms. The molecule has 0 amide bonds. The first-order chi connectivity index (χ1) is 19.4. The molecule has 0 spiro atoms. The van der Waals surface area contributed by atoms with E-state index in [4.69, 9.17) is 14.2 Å². The standard InChI is InChI=1S/C31H37N3O5S/c1-6-38-25-14-13-21(16-26(25)39-7-2)28-24(30(36)37-5)18-32-31-34(28)29(35)27(40-31)17-22-15-19(3)33(20(22)4)23-11-9-8-10-12-23/h13-18,23,28H,6-12H2,1-5H3/b27-17-/t28-/m0/s1. The van der Waals surface area contributed by atoms with Crippen LogP contribution in [0.15, 0.2) is 45.8 Å². The molecule has 0 radical (unpaired) electrons. The number of methoxy groups -OCH3 is 1. The van der Waals surface area contributed by atoms with Gasteiger partial charge < -0.3 is 18.8 Å². The van der Waals surface area contributed by atoms with E-state index in [1.165, 1.54) is 68.1 Å². The number of benzene rings is 1. The van der Waals surface area contributed by atoms with Gasteiger partial charge in [0.25, 0.3) is 5.56 Å². The molecular weight excluding hydrogens is 526 g/mol. The van der Waals surface area contributed by atoms with Crippen LogP contribution in [-0.2, 0) is 9.53 Å².